The Labute approximate surface area is 196 Å². The quantitative estimate of drug-likeness (QED) is 0.362. The summed E-state index contributed by atoms with van der Waals surface area (Å²) in [4.78, 5) is 17.0. The smallest absolute Gasteiger partial charge is 0.210 e. The minimum atomic E-state index is -0.292. The first-order chi connectivity index (χ1) is 16.4. The van der Waals surface area contributed by atoms with Crippen LogP contribution < -0.4 is 23.7 Å². The molecule has 0 bridgehead atoms. The van der Waals surface area contributed by atoms with Crippen molar-refractivity contribution in [2.75, 3.05) is 35.5 Å². The summed E-state index contributed by atoms with van der Waals surface area (Å²) >= 11 is 0. The number of hydrogen-bond donors (Lipinski definition) is 2. The lowest BCUT2D eigenvalue weighted by molar-refractivity contribution is 0.103. The molecule has 8 nitrogen and oxygen atoms in total. The van der Waals surface area contributed by atoms with Crippen molar-refractivity contribution >= 4 is 16.7 Å². The zero-order valence-electron chi connectivity index (χ0n) is 19.5. The van der Waals surface area contributed by atoms with Crippen molar-refractivity contribution in [3.63, 3.8) is 0 Å². The second-order valence-corrected chi connectivity index (χ2v) is 7.42. The highest BCUT2D eigenvalue weighted by molar-refractivity contribution is 6.17. The molecule has 176 valence electrons. The fourth-order valence-electron chi connectivity index (χ4n) is 3.98. The van der Waals surface area contributed by atoms with Crippen LogP contribution in [0.2, 0.25) is 0 Å². The molecule has 0 spiro atoms. The molecule has 0 fully saturated rings. The third-order valence-corrected chi connectivity index (χ3v) is 5.63. The van der Waals surface area contributed by atoms with Crippen LogP contribution in [0.5, 0.6) is 34.5 Å². The summed E-state index contributed by atoms with van der Waals surface area (Å²) in [6.45, 7) is 0. The predicted octanol–water partition coefficient (Wildman–Crippen LogP) is 4.81. The van der Waals surface area contributed by atoms with Gasteiger partial charge in [-0.1, -0.05) is 6.07 Å². The molecule has 4 rings (SSSR count). The van der Waals surface area contributed by atoms with Gasteiger partial charge in [0.1, 0.15) is 5.75 Å². The Kier molecular flexibility index (Phi) is 6.23. The van der Waals surface area contributed by atoms with E-state index in [1.165, 1.54) is 28.4 Å². The Morgan fingerprint density at radius 1 is 0.765 bits per heavy atom. The van der Waals surface area contributed by atoms with Crippen LogP contribution >= 0.6 is 0 Å². The molecule has 0 saturated heterocycles. The maximum absolute atomic E-state index is 13.8. The number of fused-ring (bicyclic) bond motifs is 1. The van der Waals surface area contributed by atoms with Crippen molar-refractivity contribution < 1.29 is 33.6 Å². The maximum atomic E-state index is 13.8. The number of carbonyl (C=O) groups excluding carboxylic acids is 1. The predicted molar refractivity (Wildman–Crippen MR) is 128 cm³/mol. The van der Waals surface area contributed by atoms with Crippen LogP contribution in [0.25, 0.3) is 22.0 Å². The third-order valence-electron chi connectivity index (χ3n) is 5.63. The molecule has 34 heavy (non-hydrogen) atoms. The van der Waals surface area contributed by atoms with Gasteiger partial charge in [-0.05, 0) is 42.0 Å². The molecule has 1 heterocycles. The number of phenolic OH excluding ortho intramolecular Hbond substituents is 1. The molecule has 0 unspecified atom stereocenters. The number of aromatic nitrogens is 1. The Morgan fingerprint density at radius 3 is 2.00 bits per heavy atom. The summed E-state index contributed by atoms with van der Waals surface area (Å²) in [5.74, 6) is 1.78. The van der Waals surface area contributed by atoms with E-state index < -0.39 is 0 Å². The zero-order chi connectivity index (χ0) is 24.4. The van der Waals surface area contributed by atoms with Gasteiger partial charge in [0.25, 0.3) is 0 Å². The van der Waals surface area contributed by atoms with Gasteiger partial charge in [0, 0.05) is 22.6 Å². The van der Waals surface area contributed by atoms with E-state index in [0.717, 1.165) is 5.39 Å². The Balaban J connectivity index is 1.96. The lowest BCUT2D eigenvalue weighted by Crippen LogP contribution is -2.06. The SMILES string of the molecule is COc1ccc2c(-c3ccc(OC)c(O)c3)c(C(=O)c3cc(OC)c(OC)c(OC)c3)[nH]c2c1. The highest BCUT2D eigenvalue weighted by Gasteiger charge is 2.24. The van der Waals surface area contributed by atoms with Crippen molar-refractivity contribution in [2.45, 2.75) is 0 Å². The average Bonchev–Trinajstić information content (AvgIpc) is 3.25. The van der Waals surface area contributed by atoms with Gasteiger partial charge in [-0.25, -0.2) is 0 Å². The molecule has 0 aliphatic heterocycles. The number of ether oxygens (including phenoxy) is 5. The highest BCUT2D eigenvalue weighted by Crippen LogP contribution is 2.41. The van der Waals surface area contributed by atoms with E-state index in [0.29, 0.717) is 56.6 Å². The molecular formula is C26H25NO7. The van der Waals surface area contributed by atoms with Crippen LogP contribution in [0, 0.1) is 0 Å². The molecule has 0 atom stereocenters. The Hall–Kier alpha value is -4.33. The van der Waals surface area contributed by atoms with Crippen LogP contribution in [-0.2, 0) is 0 Å². The molecule has 2 N–H and O–H groups in total. The van der Waals surface area contributed by atoms with Gasteiger partial charge in [-0.3, -0.25) is 4.79 Å². The van der Waals surface area contributed by atoms with Gasteiger partial charge < -0.3 is 33.8 Å². The minimum absolute atomic E-state index is 0.0333. The number of carbonyl (C=O) groups is 1. The number of H-pyrrole nitrogens is 1. The van der Waals surface area contributed by atoms with Gasteiger partial charge in [-0.2, -0.15) is 0 Å². The number of aromatic hydroxyl groups is 1. The number of methoxy groups -OCH3 is 5. The molecule has 0 saturated carbocycles. The summed E-state index contributed by atoms with van der Waals surface area (Å²) in [5.41, 5.74) is 2.66. The van der Waals surface area contributed by atoms with Crippen LogP contribution in [0.1, 0.15) is 16.1 Å². The van der Waals surface area contributed by atoms with Crippen LogP contribution in [0.3, 0.4) is 0 Å². The largest absolute Gasteiger partial charge is 0.504 e. The topological polar surface area (TPSA) is 99.2 Å². The molecule has 0 aliphatic rings. The van der Waals surface area contributed by atoms with E-state index in [-0.39, 0.29) is 11.5 Å². The van der Waals surface area contributed by atoms with Gasteiger partial charge in [0.05, 0.1) is 46.8 Å². The minimum Gasteiger partial charge on any atom is -0.504 e. The van der Waals surface area contributed by atoms with E-state index in [9.17, 15) is 9.90 Å². The van der Waals surface area contributed by atoms with Gasteiger partial charge in [0.2, 0.25) is 11.5 Å². The first-order valence-corrected chi connectivity index (χ1v) is 10.4. The van der Waals surface area contributed by atoms with Crippen molar-refractivity contribution in [1.82, 2.24) is 4.98 Å². The van der Waals surface area contributed by atoms with Crippen molar-refractivity contribution in [2.24, 2.45) is 0 Å². The van der Waals surface area contributed by atoms with Crippen molar-refractivity contribution in [3.05, 3.63) is 59.8 Å². The van der Waals surface area contributed by atoms with Crippen LogP contribution in [0.15, 0.2) is 48.5 Å². The van der Waals surface area contributed by atoms with Crippen LogP contribution in [0.4, 0.5) is 0 Å². The highest BCUT2D eigenvalue weighted by atomic mass is 16.5. The van der Waals surface area contributed by atoms with E-state index in [2.05, 4.69) is 4.98 Å². The molecule has 4 aromatic rings. The third kappa shape index (κ3) is 3.83. The number of nitrogens with one attached hydrogen (secondary N) is 1. The molecule has 0 amide bonds. The van der Waals surface area contributed by atoms with Gasteiger partial charge >= 0.3 is 0 Å². The van der Waals surface area contributed by atoms with E-state index in [4.69, 9.17) is 23.7 Å². The second-order valence-electron chi connectivity index (χ2n) is 7.42. The average molecular weight is 463 g/mol. The standard InChI is InChI=1S/C26H25NO7/c1-30-16-7-8-17-18(13-16)27-24(23(17)14-6-9-20(31-2)19(28)10-14)25(29)15-11-21(32-3)26(34-5)22(12-15)33-4/h6-13,27-28H,1-5H3. The lowest BCUT2D eigenvalue weighted by Gasteiger charge is -2.14. The lowest BCUT2D eigenvalue weighted by atomic mass is 9.97. The normalized spacial score (nSPS) is 10.7. The van der Waals surface area contributed by atoms with Gasteiger partial charge in [0.15, 0.2) is 23.0 Å². The number of benzene rings is 3. The molecule has 3 aromatic carbocycles. The number of aromatic amines is 1. The summed E-state index contributed by atoms with van der Waals surface area (Å²) in [7, 11) is 7.54. The van der Waals surface area contributed by atoms with Crippen molar-refractivity contribution in [1.29, 1.82) is 0 Å². The molecule has 0 aliphatic carbocycles. The second kappa shape index (κ2) is 9.27. The van der Waals surface area contributed by atoms with E-state index >= 15 is 0 Å². The van der Waals surface area contributed by atoms with Crippen molar-refractivity contribution in [3.8, 4) is 45.6 Å². The Bertz CT molecular complexity index is 1350. The first kappa shape index (κ1) is 22.8. The number of phenols is 1. The van der Waals surface area contributed by atoms with E-state index in [1.54, 1.807) is 37.4 Å². The number of rotatable bonds is 8. The Morgan fingerprint density at radius 2 is 1.44 bits per heavy atom. The zero-order valence-corrected chi connectivity index (χ0v) is 19.5. The number of ketones is 1. The maximum Gasteiger partial charge on any atom is 0.210 e. The first-order valence-electron chi connectivity index (χ1n) is 10.4. The fraction of sp³-hybridized carbons (Fsp3) is 0.192. The fourth-order valence-corrected chi connectivity index (χ4v) is 3.98. The summed E-state index contributed by atoms with van der Waals surface area (Å²) in [6, 6.07) is 13.7. The summed E-state index contributed by atoms with van der Waals surface area (Å²) in [6.07, 6.45) is 0. The molecule has 8 heteroatoms. The molecular weight excluding hydrogens is 438 g/mol. The monoisotopic (exact) mass is 463 g/mol. The van der Waals surface area contributed by atoms with E-state index in [1.807, 2.05) is 18.2 Å². The summed E-state index contributed by atoms with van der Waals surface area (Å²) < 4.78 is 26.7. The van der Waals surface area contributed by atoms with Crippen LogP contribution in [-0.4, -0.2) is 51.4 Å². The number of hydrogen-bond acceptors (Lipinski definition) is 7. The molecule has 0 radical (unpaired) electrons. The van der Waals surface area contributed by atoms with Gasteiger partial charge in [-0.15, -0.1) is 0 Å². The summed E-state index contributed by atoms with van der Waals surface area (Å²) in [5, 5.41) is 11.2. The molecule has 1 aromatic heterocycles.